The Bertz CT molecular complexity index is 85.6. The lowest BCUT2D eigenvalue weighted by atomic mass is 9.95. The minimum Gasteiger partial charge on any atom is -0.383 e. The highest BCUT2D eigenvalue weighted by molar-refractivity contribution is 6.18. The van der Waals surface area contributed by atoms with Gasteiger partial charge in [0, 0.05) is 24.4 Å². The van der Waals surface area contributed by atoms with Crippen molar-refractivity contribution >= 4 is 35.6 Å². The average Bonchev–Trinajstić information content (AvgIpc) is 1.88. The molecule has 2 nitrogen and oxygen atoms in total. The highest BCUT2D eigenvalue weighted by Crippen LogP contribution is 2.14. The molecule has 0 fully saturated rings. The molecule has 0 rings (SSSR count). The summed E-state index contributed by atoms with van der Waals surface area (Å²) in [4.78, 5) is 0. The molecule has 2 N–H and O–H groups in total. The van der Waals surface area contributed by atoms with Gasteiger partial charge in [0.05, 0.1) is 6.61 Å². The van der Waals surface area contributed by atoms with Crippen LogP contribution >= 0.6 is 35.6 Å². The van der Waals surface area contributed by atoms with E-state index in [0.717, 1.165) is 12.8 Å². The largest absolute Gasteiger partial charge is 0.383 e. The molecule has 0 aromatic carbocycles. The fourth-order valence-electron chi connectivity index (χ4n) is 0.933. The van der Waals surface area contributed by atoms with Gasteiger partial charge in [-0.3, -0.25) is 0 Å². The van der Waals surface area contributed by atoms with Gasteiger partial charge in [0.25, 0.3) is 0 Å². The number of ether oxygens (including phenoxy) is 1. The third-order valence-electron chi connectivity index (χ3n) is 1.62. The van der Waals surface area contributed by atoms with Crippen molar-refractivity contribution in [3.63, 3.8) is 0 Å². The van der Waals surface area contributed by atoms with Crippen LogP contribution in [0.15, 0.2) is 0 Å². The first kappa shape index (κ1) is 15.3. The van der Waals surface area contributed by atoms with E-state index in [1.807, 2.05) is 0 Å². The minimum atomic E-state index is -0.335. The van der Waals surface area contributed by atoms with Gasteiger partial charge in [0.15, 0.2) is 0 Å². The molecule has 0 aliphatic rings. The third-order valence-corrected chi connectivity index (χ3v) is 1.99. The van der Waals surface area contributed by atoms with E-state index in [1.165, 1.54) is 0 Å². The average molecular weight is 237 g/mol. The SMILES string of the molecule is COCC(N)(CCCl)CCCl.Cl. The van der Waals surface area contributed by atoms with Gasteiger partial charge in [-0.2, -0.15) is 0 Å². The maximum absolute atomic E-state index is 5.94. The summed E-state index contributed by atoms with van der Waals surface area (Å²) in [5, 5.41) is 0. The molecule has 12 heavy (non-hydrogen) atoms. The first-order valence-corrected chi connectivity index (χ1v) is 4.65. The predicted octanol–water partition coefficient (Wildman–Crippen LogP) is 2.01. The zero-order valence-corrected chi connectivity index (χ0v) is 9.51. The van der Waals surface area contributed by atoms with E-state index in [-0.39, 0.29) is 17.9 Å². The summed E-state index contributed by atoms with van der Waals surface area (Å²) in [6.07, 6.45) is 1.49. The van der Waals surface area contributed by atoms with E-state index < -0.39 is 0 Å². The molecule has 0 saturated carbocycles. The summed E-state index contributed by atoms with van der Waals surface area (Å²) in [5.74, 6) is 1.10. The third kappa shape index (κ3) is 6.32. The van der Waals surface area contributed by atoms with E-state index in [0.29, 0.717) is 18.4 Å². The molecule has 0 aromatic heterocycles. The lowest BCUT2D eigenvalue weighted by Crippen LogP contribution is -2.45. The molecular weight excluding hydrogens is 220 g/mol. The van der Waals surface area contributed by atoms with Crippen molar-refractivity contribution in [1.82, 2.24) is 0 Å². The molecule has 0 saturated heterocycles. The van der Waals surface area contributed by atoms with E-state index in [9.17, 15) is 0 Å². The Balaban J connectivity index is 0. The van der Waals surface area contributed by atoms with Crippen LogP contribution in [0.3, 0.4) is 0 Å². The van der Waals surface area contributed by atoms with Gasteiger partial charge < -0.3 is 10.5 Å². The van der Waals surface area contributed by atoms with Crippen molar-refractivity contribution in [2.45, 2.75) is 18.4 Å². The molecule has 0 aliphatic heterocycles. The van der Waals surface area contributed by atoms with E-state index in [4.69, 9.17) is 33.7 Å². The second-order valence-electron chi connectivity index (χ2n) is 2.67. The zero-order chi connectivity index (χ0) is 8.74. The number of nitrogens with two attached hydrogens (primary N) is 1. The highest BCUT2D eigenvalue weighted by Gasteiger charge is 2.23. The Labute approximate surface area is 90.1 Å². The van der Waals surface area contributed by atoms with Crippen molar-refractivity contribution in [3.8, 4) is 0 Å². The Morgan fingerprint density at radius 3 is 1.92 bits per heavy atom. The summed E-state index contributed by atoms with van der Waals surface area (Å²) < 4.78 is 4.97. The van der Waals surface area contributed by atoms with Crippen LogP contribution in [-0.2, 0) is 4.74 Å². The van der Waals surface area contributed by atoms with Gasteiger partial charge in [-0.1, -0.05) is 0 Å². The van der Waals surface area contributed by atoms with Crippen LogP contribution < -0.4 is 5.73 Å². The van der Waals surface area contributed by atoms with Crippen LogP contribution in [-0.4, -0.2) is 31.0 Å². The fourth-order valence-corrected chi connectivity index (χ4v) is 1.69. The Hall–Kier alpha value is 0.790. The van der Waals surface area contributed by atoms with Crippen molar-refractivity contribution in [1.29, 1.82) is 0 Å². The normalized spacial score (nSPS) is 11.0. The first-order valence-electron chi connectivity index (χ1n) is 3.58. The number of hydrogen-bond donors (Lipinski definition) is 1. The van der Waals surface area contributed by atoms with Gasteiger partial charge >= 0.3 is 0 Å². The van der Waals surface area contributed by atoms with Crippen molar-refractivity contribution in [3.05, 3.63) is 0 Å². The van der Waals surface area contributed by atoms with Gasteiger partial charge in [-0.05, 0) is 12.8 Å². The molecule has 0 atom stereocenters. The van der Waals surface area contributed by atoms with Crippen molar-refractivity contribution < 1.29 is 4.74 Å². The molecular formula is C7H16Cl3NO. The van der Waals surface area contributed by atoms with E-state index >= 15 is 0 Å². The van der Waals surface area contributed by atoms with Crippen LogP contribution in [0.1, 0.15) is 12.8 Å². The molecule has 5 heteroatoms. The molecule has 0 amide bonds. The quantitative estimate of drug-likeness (QED) is 0.716. The topological polar surface area (TPSA) is 35.2 Å². The van der Waals surface area contributed by atoms with Crippen molar-refractivity contribution in [2.24, 2.45) is 5.73 Å². The number of alkyl halides is 2. The molecule has 76 valence electrons. The van der Waals surface area contributed by atoms with E-state index in [1.54, 1.807) is 7.11 Å². The van der Waals surface area contributed by atoms with Crippen LogP contribution in [0.5, 0.6) is 0 Å². The molecule has 0 unspecified atom stereocenters. The van der Waals surface area contributed by atoms with Gasteiger partial charge in [0.1, 0.15) is 0 Å². The van der Waals surface area contributed by atoms with Gasteiger partial charge in [0.2, 0.25) is 0 Å². The summed E-state index contributed by atoms with van der Waals surface area (Å²) >= 11 is 11.2. The van der Waals surface area contributed by atoms with E-state index in [2.05, 4.69) is 0 Å². The number of methoxy groups -OCH3 is 1. The Morgan fingerprint density at radius 2 is 1.67 bits per heavy atom. The zero-order valence-electron chi connectivity index (χ0n) is 7.19. The van der Waals surface area contributed by atoms with Crippen LogP contribution in [0.2, 0.25) is 0 Å². The lowest BCUT2D eigenvalue weighted by molar-refractivity contribution is 0.128. The lowest BCUT2D eigenvalue weighted by Gasteiger charge is -2.26. The molecule has 0 radical (unpaired) electrons. The second kappa shape index (κ2) is 8.39. The summed E-state index contributed by atoms with van der Waals surface area (Å²) in [6, 6.07) is 0. The standard InChI is InChI=1S/C7H15Cl2NO.ClH/c1-11-6-7(10,2-4-8)3-5-9;/h2-6,10H2,1H3;1H. The predicted molar refractivity (Wildman–Crippen MR) is 56.7 cm³/mol. The van der Waals surface area contributed by atoms with Gasteiger partial charge in [-0.25, -0.2) is 0 Å². The Morgan fingerprint density at radius 1 is 1.25 bits per heavy atom. The number of rotatable bonds is 6. The molecule has 0 aromatic rings. The molecule has 0 bridgehead atoms. The maximum atomic E-state index is 5.94. The fraction of sp³-hybridized carbons (Fsp3) is 1.00. The molecule has 0 aliphatic carbocycles. The summed E-state index contributed by atoms with van der Waals surface area (Å²) in [6.45, 7) is 0.520. The van der Waals surface area contributed by atoms with Crippen molar-refractivity contribution in [2.75, 3.05) is 25.5 Å². The number of hydrogen-bond acceptors (Lipinski definition) is 2. The monoisotopic (exact) mass is 235 g/mol. The highest BCUT2D eigenvalue weighted by atomic mass is 35.5. The number of halogens is 3. The molecule has 0 heterocycles. The van der Waals surface area contributed by atoms with Gasteiger partial charge in [-0.15, -0.1) is 35.6 Å². The maximum Gasteiger partial charge on any atom is 0.0643 e. The Kier molecular flexibility index (Phi) is 10.7. The second-order valence-corrected chi connectivity index (χ2v) is 3.43. The first-order chi connectivity index (χ1) is 5.18. The minimum absolute atomic E-state index is 0. The smallest absolute Gasteiger partial charge is 0.0643 e. The van der Waals surface area contributed by atoms with Crippen LogP contribution in [0.4, 0.5) is 0 Å². The van der Waals surface area contributed by atoms with Crippen LogP contribution in [0, 0.1) is 0 Å². The summed E-state index contributed by atoms with van der Waals surface area (Å²) in [7, 11) is 1.63. The summed E-state index contributed by atoms with van der Waals surface area (Å²) in [5.41, 5.74) is 5.60. The molecule has 0 spiro atoms. The van der Waals surface area contributed by atoms with Crippen LogP contribution in [0.25, 0.3) is 0 Å².